The molecule has 3 N–H and O–H groups in total. The van der Waals surface area contributed by atoms with Crippen molar-refractivity contribution in [1.29, 1.82) is 0 Å². The summed E-state index contributed by atoms with van der Waals surface area (Å²) in [5.74, 6) is 0.816. The third-order valence-corrected chi connectivity index (χ3v) is 5.00. The highest BCUT2D eigenvalue weighted by Crippen LogP contribution is 2.28. The Balaban J connectivity index is 1.54. The maximum Gasteiger partial charge on any atom is 0.324 e. The van der Waals surface area contributed by atoms with Crippen molar-refractivity contribution in [2.75, 3.05) is 30.3 Å². The molecule has 0 aliphatic carbocycles. The van der Waals surface area contributed by atoms with Crippen LogP contribution in [0.4, 0.5) is 16.4 Å². The number of nitrogen functional groups attached to an aromatic ring is 1. The predicted molar refractivity (Wildman–Crippen MR) is 95.8 cm³/mol. The molecule has 2 saturated heterocycles. The molecule has 2 fully saturated rings. The lowest BCUT2D eigenvalue weighted by atomic mass is 10.2. The first-order valence-corrected chi connectivity index (χ1v) is 8.51. The fraction of sp³-hybridized carbons (Fsp3) is 0.312. The molecule has 3 aromatic heterocycles. The summed E-state index contributed by atoms with van der Waals surface area (Å²) in [6, 6.07) is 0.896. The molecule has 1 unspecified atom stereocenters. The number of hydrogen-bond donors (Lipinski definition) is 2. The molecule has 138 valence electrons. The number of urea groups is 1. The van der Waals surface area contributed by atoms with Crippen molar-refractivity contribution in [3.8, 4) is 11.1 Å². The van der Waals surface area contributed by atoms with Crippen molar-refractivity contribution >= 4 is 29.2 Å². The van der Waals surface area contributed by atoms with Crippen molar-refractivity contribution in [1.82, 2.24) is 34.6 Å². The molecule has 3 aromatic rings. The van der Waals surface area contributed by atoms with Gasteiger partial charge in [0.25, 0.3) is 5.91 Å². The number of rotatable bonds is 2. The van der Waals surface area contributed by atoms with Crippen LogP contribution in [0, 0.1) is 0 Å². The van der Waals surface area contributed by atoms with Crippen molar-refractivity contribution in [3.05, 3.63) is 24.7 Å². The molecule has 11 nitrogen and oxygen atoms in total. The number of fused-ring (bicyclic) bond motifs is 2. The number of carbonyl (C=O) groups excluding carboxylic acids is 2. The fourth-order valence-electron chi connectivity index (χ4n) is 3.62. The van der Waals surface area contributed by atoms with Gasteiger partial charge in [-0.1, -0.05) is 0 Å². The van der Waals surface area contributed by atoms with Gasteiger partial charge in [-0.25, -0.2) is 9.78 Å². The van der Waals surface area contributed by atoms with E-state index in [1.54, 1.807) is 32.6 Å². The van der Waals surface area contributed by atoms with Gasteiger partial charge in [-0.15, -0.1) is 0 Å². The summed E-state index contributed by atoms with van der Waals surface area (Å²) in [7, 11) is 1.84. The standard InChI is InChI=1S/C16H17N9O2/c1-22-7-9(5-18-22)10-6-19-25-12(17)4-13(20-14(10)25)23-2-3-24-11(8-23)15(26)21-16(24)27/h4-7,11H,2-3,8,17H2,1H3,(H,21,26,27). The third-order valence-electron chi connectivity index (χ3n) is 5.00. The van der Waals surface area contributed by atoms with Gasteiger partial charge in [-0.3, -0.25) is 14.8 Å². The molecular weight excluding hydrogens is 350 g/mol. The van der Waals surface area contributed by atoms with Crippen LogP contribution in [0.3, 0.4) is 0 Å². The summed E-state index contributed by atoms with van der Waals surface area (Å²) in [4.78, 5) is 32.0. The van der Waals surface area contributed by atoms with Gasteiger partial charge in [0.15, 0.2) is 5.65 Å². The van der Waals surface area contributed by atoms with Crippen molar-refractivity contribution in [3.63, 3.8) is 0 Å². The van der Waals surface area contributed by atoms with E-state index in [0.717, 1.165) is 11.1 Å². The number of nitrogens with two attached hydrogens (primary N) is 1. The summed E-state index contributed by atoms with van der Waals surface area (Å²) in [5, 5.41) is 10.9. The van der Waals surface area contributed by atoms with E-state index in [2.05, 4.69) is 15.5 Å². The Hall–Kier alpha value is -3.63. The summed E-state index contributed by atoms with van der Waals surface area (Å²) in [6.45, 7) is 1.39. The van der Waals surface area contributed by atoms with E-state index in [9.17, 15) is 9.59 Å². The van der Waals surface area contributed by atoms with Gasteiger partial charge >= 0.3 is 6.03 Å². The minimum absolute atomic E-state index is 0.279. The van der Waals surface area contributed by atoms with Crippen LogP contribution < -0.4 is 16.0 Å². The smallest absolute Gasteiger partial charge is 0.324 e. The zero-order valence-electron chi connectivity index (χ0n) is 14.5. The Morgan fingerprint density at radius 1 is 1.22 bits per heavy atom. The van der Waals surface area contributed by atoms with Crippen molar-refractivity contribution in [2.24, 2.45) is 7.05 Å². The molecule has 27 heavy (non-hydrogen) atoms. The summed E-state index contributed by atoms with van der Waals surface area (Å²) in [6.07, 6.45) is 5.34. The van der Waals surface area contributed by atoms with Gasteiger partial charge in [-0.2, -0.15) is 14.7 Å². The van der Waals surface area contributed by atoms with Crippen LogP contribution in [0.2, 0.25) is 0 Å². The number of nitrogens with zero attached hydrogens (tertiary/aromatic N) is 7. The summed E-state index contributed by atoms with van der Waals surface area (Å²) >= 11 is 0. The molecular formula is C16H17N9O2. The number of imide groups is 1. The summed E-state index contributed by atoms with van der Waals surface area (Å²) < 4.78 is 3.29. The number of aryl methyl sites for hydroxylation is 1. The van der Waals surface area contributed by atoms with Gasteiger partial charge in [-0.05, 0) is 0 Å². The zero-order chi connectivity index (χ0) is 18.7. The van der Waals surface area contributed by atoms with E-state index in [1.165, 1.54) is 0 Å². The van der Waals surface area contributed by atoms with E-state index in [0.29, 0.717) is 36.9 Å². The predicted octanol–water partition coefficient (Wildman–Crippen LogP) is -0.548. The Morgan fingerprint density at radius 3 is 2.85 bits per heavy atom. The zero-order valence-corrected chi connectivity index (χ0v) is 14.5. The number of amides is 3. The van der Waals surface area contributed by atoms with Gasteiger partial charge in [0, 0.05) is 50.1 Å². The molecule has 3 amide bonds. The van der Waals surface area contributed by atoms with Crippen LogP contribution in [-0.4, -0.2) is 66.9 Å². The Labute approximate surface area is 153 Å². The minimum Gasteiger partial charge on any atom is -0.383 e. The number of nitrogens with one attached hydrogen (secondary N) is 1. The quantitative estimate of drug-likeness (QED) is 0.582. The van der Waals surface area contributed by atoms with Crippen LogP contribution >= 0.6 is 0 Å². The average molecular weight is 367 g/mol. The molecule has 5 rings (SSSR count). The molecule has 5 heterocycles. The molecule has 0 aromatic carbocycles. The highest BCUT2D eigenvalue weighted by molar-refractivity contribution is 6.04. The molecule has 11 heteroatoms. The van der Waals surface area contributed by atoms with Crippen LogP contribution in [-0.2, 0) is 11.8 Å². The molecule has 2 aliphatic heterocycles. The second-order valence-corrected chi connectivity index (χ2v) is 6.69. The Bertz CT molecular complexity index is 1080. The van der Waals surface area contributed by atoms with E-state index >= 15 is 0 Å². The first-order valence-electron chi connectivity index (χ1n) is 8.51. The second kappa shape index (κ2) is 5.43. The second-order valence-electron chi connectivity index (χ2n) is 6.69. The largest absolute Gasteiger partial charge is 0.383 e. The van der Waals surface area contributed by atoms with Crippen molar-refractivity contribution in [2.45, 2.75) is 6.04 Å². The monoisotopic (exact) mass is 367 g/mol. The topological polar surface area (TPSA) is 127 Å². The van der Waals surface area contributed by atoms with Gasteiger partial charge in [0.1, 0.15) is 17.7 Å². The van der Waals surface area contributed by atoms with E-state index in [-0.39, 0.29) is 11.9 Å². The van der Waals surface area contributed by atoms with Gasteiger partial charge in [0.05, 0.1) is 12.4 Å². The highest BCUT2D eigenvalue weighted by atomic mass is 16.2. The van der Waals surface area contributed by atoms with Crippen molar-refractivity contribution < 1.29 is 9.59 Å². The number of anilines is 2. The normalized spacial score (nSPS) is 19.7. The average Bonchev–Trinajstić information content (AvgIpc) is 3.33. The summed E-state index contributed by atoms with van der Waals surface area (Å²) in [5.41, 5.74) is 8.52. The lowest BCUT2D eigenvalue weighted by Crippen LogP contribution is -2.53. The van der Waals surface area contributed by atoms with E-state index in [4.69, 9.17) is 10.7 Å². The molecule has 0 radical (unpaired) electrons. The van der Waals surface area contributed by atoms with E-state index in [1.807, 2.05) is 18.1 Å². The van der Waals surface area contributed by atoms with Crippen LogP contribution in [0.15, 0.2) is 24.7 Å². The minimum atomic E-state index is -0.506. The molecule has 1 atom stereocenters. The van der Waals surface area contributed by atoms with Crippen LogP contribution in [0.25, 0.3) is 16.8 Å². The maximum atomic E-state index is 12.0. The number of aromatic nitrogens is 5. The fourth-order valence-corrected chi connectivity index (χ4v) is 3.62. The Kier molecular flexibility index (Phi) is 3.14. The Morgan fingerprint density at radius 2 is 2.07 bits per heavy atom. The van der Waals surface area contributed by atoms with Crippen LogP contribution in [0.1, 0.15) is 0 Å². The molecule has 0 bridgehead atoms. The highest BCUT2D eigenvalue weighted by Gasteiger charge is 2.42. The first-order chi connectivity index (χ1) is 13.0. The molecule has 2 aliphatic rings. The van der Waals surface area contributed by atoms with Gasteiger partial charge < -0.3 is 15.5 Å². The van der Waals surface area contributed by atoms with Gasteiger partial charge in [0.2, 0.25) is 0 Å². The molecule has 0 spiro atoms. The van der Waals surface area contributed by atoms with Crippen LogP contribution in [0.5, 0.6) is 0 Å². The number of carbonyl (C=O) groups is 2. The molecule has 0 saturated carbocycles. The van der Waals surface area contributed by atoms with E-state index < -0.39 is 6.04 Å². The number of hydrogen-bond acceptors (Lipinski definition) is 7. The first kappa shape index (κ1) is 15.6. The lowest BCUT2D eigenvalue weighted by Gasteiger charge is -2.36. The maximum absolute atomic E-state index is 12.0. The lowest BCUT2D eigenvalue weighted by molar-refractivity contribution is -0.121. The SMILES string of the molecule is Cn1cc(-c2cnn3c(N)cc(N4CCN5C(=O)NC(=O)C5C4)nc23)cn1. The number of piperazine rings is 1. The third kappa shape index (κ3) is 2.31.